The summed E-state index contributed by atoms with van der Waals surface area (Å²) in [6.07, 6.45) is 0. The van der Waals surface area contributed by atoms with Crippen LogP contribution in [0.4, 0.5) is 11.4 Å². The Labute approximate surface area is 147 Å². The van der Waals surface area contributed by atoms with Gasteiger partial charge in [0.1, 0.15) is 5.75 Å². The number of anilines is 2. The van der Waals surface area contributed by atoms with Crippen LogP contribution in [0.25, 0.3) is 0 Å². The van der Waals surface area contributed by atoms with Gasteiger partial charge >= 0.3 is 0 Å². The molecule has 1 heterocycles. The third-order valence-corrected chi connectivity index (χ3v) is 5.79. The quantitative estimate of drug-likeness (QED) is 0.904. The lowest BCUT2D eigenvalue weighted by molar-refractivity contribution is 0.0988. The zero-order valence-corrected chi connectivity index (χ0v) is 15.1. The molecule has 0 aliphatic carbocycles. The summed E-state index contributed by atoms with van der Waals surface area (Å²) in [6, 6.07) is 12.0. The summed E-state index contributed by atoms with van der Waals surface area (Å²) in [5.41, 5.74) is 1.35. The third-order valence-electron chi connectivity index (χ3n) is 4.03. The third kappa shape index (κ3) is 3.19. The second kappa shape index (κ2) is 6.40. The topological polar surface area (TPSA) is 75.7 Å². The van der Waals surface area contributed by atoms with E-state index in [0.29, 0.717) is 35.0 Å². The highest BCUT2D eigenvalue weighted by molar-refractivity contribution is 7.93. The van der Waals surface area contributed by atoms with E-state index in [1.165, 1.54) is 6.07 Å². The molecule has 6 nitrogen and oxygen atoms in total. The predicted molar refractivity (Wildman–Crippen MR) is 98.0 cm³/mol. The average molecular weight is 360 g/mol. The molecule has 1 N–H and O–H groups in total. The normalized spacial score (nSPS) is 13.8. The van der Waals surface area contributed by atoms with Crippen molar-refractivity contribution in [3.63, 3.8) is 0 Å². The van der Waals surface area contributed by atoms with E-state index in [2.05, 4.69) is 4.72 Å². The molecule has 2 aromatic carbocycles. The molecule has 0 spiro atoms. The second-order valence-corrected chi connectivity index (χ2v) is 8.26. The summed E-state index contributed by atoms with van der Waals surface area (Å²) < 4.78 is 32.6. The van der Waals surface area contributed by atoms with E-state index in [0.717, 1.165) is 0 Å². The van der Waals surface area contributed by atoms with Crippen LogP contribution in [0.1, 0.15) is 31.1 Å². The number of sulfonamides is 1. The Bertz CT molecular complexity index is 922. The molecule has 1 aliphatic rings. The maximum atomic E-state index is 13.0. The number of para-hydroxylation sites is 2. The molecule has 0 atom stereocenters. The van der Waals surface area contributed by atoms with Crippen molar-refractivity contribution in [2.45, 2.75) is 26.0 Å². The predicted octanol–water partition coefficient (Wildman–Crippen LogP) is 3.61. The van der Waals surface area contributed by atoms with Crippen LogP contribution in [-0.2, 0) is 10.0 Å². The fourth-order valence-electron chi connectivity index (χ4n) is 2.59. The van der Waals surface area contributed by atoms with Gasteiger partial charge in [0.2, 0.25) is 10.0 Å². The summed E-state index contributed by atoms with van der Waals surface area (Å²) in [6.45, 7) is 5.54. The number of nitrogens with one attached hydrogen (secondary N) is 1. The van der Waals surface area contributed by atoms with Crippen LogP contribution < -0.4 is 14.4 Å². The van der Waals surface area contributed by atoms with Crippen LogP contribution in [-0.4, -0.2) is 26.1 Å². The van der Waals surface area contributed by atoms with Crippen molar-refractivity contribution >= 4 is 27.3 Å². The minimum atomic E-state index is -3.49. The minimum absolute atomic E-state index is 0.229. The van der Waals surface area contributed by atoms with Gasteiger partial charge in [-0.15, -0.1) is 0 Å². The molecular formula is C18H20N2O4S. The molecule has 0 aromatic heterocycles. The van der Waals surface area contributed by atoms with Crippen molar-refractivity contribution in [1.82, 2.24) is 0 Å². The zero-order valence-electron chi connectivity index (χ0n) is 14.3. The van der Waals surface area contributed by atoms with Crippen molar-refractivity contribution in [2.24, 2.45) is 0 Å². The maximum absolute atomic E-state index is 13.0. The van der Waals surface area contributed by atoms with E-state index < -0.39 is 15.3 Å². The first-order valence-corrected chi connectivity index (χ1v) is 9.62. The summed E-state index contributed by atoms with van der Waals surface area (Å²) in [7, 11) is -3.49. The van der Waals surface area contributed by atoms with Crippen molar-refractivity contribution in [1.29, 1.82) is 0 Å². The Kier molecular flexibility index (Phi) is 4.43. The second-order valence-electron chi connectivity index (χ2n) is 6.03. The summed E-state index contributed by atoms with van der Waals surface area (Å²) in [4.78, 5) is 14.6. The number of amides is 1. The maximum Gasteiger partial charge on any atom is 0.262 e. The van der Waals surface area contributed by atoms with E-state index in [4.69, 9.17) is 4.74 Å². The van der Waals surface area contributed by atoms with E-state index in [-0.39, 0.29) is 5.91 Å². The highest BCUT2D eigenvalue weighted by Crippen LogP contribution is 2.39. The number of nitrogens with zero attached hydrogens (tertiary/aromatic N) is 1. The minimum Gasteiger partial charge on any atom is -0.454 e. The molecule has 0 radical (unpaired) electrons. The van der Waals surface area contributed by atoms with Crippen molar-refractivity contribution in [3.05, 3.63) is 48.0 Å². The van der Waals surface area contributed by atoms with E-state index >= 15 is 0 Å². The number of fused-ring (bicyclic) bond motifs is 2. The van der Waals surface area contributed by atoms with Crippen LogP contribution in [0.5, 0.6) is 11.5 Å². The number of rotatable bonds is 4. The Hall–Kier alpha value is -2.54. The molecule has 25 heavy (non-hydrogen) atoms. The van der Waals surface area contributed by atoms with Gasteiger partial charge in [0, 0.05) is 12.2 Å². The van der Waals surface area contributed by atoms with Gasteiger partial charge < -0.3 is 9.64 Å². The molecule has 1 aliphatic heterocycles. The molecule has 0 saturated heterocycles. The van der Waals surface area contributed by atoms with Gasteiger partial charge in [-0.25, -0.2) is 8.42 Å². The lowest BCUT2D eigenvalue weighted by Crippen LogP contribution is -2.30. The van der Waals surface area contributed by atoms with Gasteiger partial charge in [-0.1, -0.05) is 12.1 Å². The SMILES string of the molecule is CCN1C(=O)c2cc(NS(=O)(=O)C(C)C)ccc2Oc2ccccc21. The molecule has 0 unspecified atom stereocenters. The van der Waals surface area contributed by atoms with E-state index in [9.17, 15) is 13.2 Å². The first-order valence-electron chi connectivity index (χ1n) is 8.08. The summed E-state index contributed by atoms with van der Waals surface area (Å²) in [5.74, 6) is 0.765. The first kappa shape index (κ1) is 17.3. The number of carbonyl (C=O) groups excluding carboxylic acids is 1. The smallest absolute Gasteiger partial charge is 0.262 e. The van der Waals surface area contributed by atoms with E-state index in [1.807, 2.05) is 25.1 Å². The van der Waals surface area contributed by atoms with Crippen LogP contribution >= 0.6 is 0 Å². The zero-order chi connectivity index (χ0) is 18.2. The molecule has 0 saturated carbocycles. The Morgan fingerprint density at radius 1 is 1.12 bits per heavy atom. The molecular weight excluding hydrogens is 340 g/mol. The van der Waals surface area contributed by atoms with Gasteiger partial charge in [-0.05, 0) is 51.1 Å². The highest BCUT2D eigenvalue weighted by atomic mass is 32.2. The highest BCUT2D eigenvalue weighted by Gasteiger charge is 2.28. The number of ether oxygens (including phenoxy) is 1. The van der Waals surface area contributed by atoms with Crippen LogP contribution in [0, 0.1) is 0 Å². The number of benzene rings is 2. The van der Waals surface area contributed by atoms with Crippen LogP contribution in [0.2, 0.25) is 0 Å². The largest absolute Gasteiger partial charge is 0.454 e. The lowest BCUT2D eigenvalue weighted by Gasteiger charge is -2.20. The standard InChI is InChI=1S/C18H20N2O4S/c1-4-20-15-7-5-6-8-17(15)24-16-10-9-13(11-14(16)18(20)21)19-25(22,23)12(2)3/h5-12,19H,4H2,1-3H3. The van der Waals surface area contributed by atoms with Gasteiger partial charge in [0.05, 0.1) is 16.5 Å². The number of hydrogen-bond donors (Lipinski definition) is 1. The van der Waals surface area contributed by atoms with Gasteiger partial charge in [0.25, 0.3) is 5.91 Å². The molecule has 1 amide bonds. The molecule has 132 valence electrons. The molecule has 3 rings (SSSR count). The Balaban J connectivity index is 2.06. The Morgan fingerprint density at radius 3 is 2.52 bits per heavy atom. The van der Waals surface area contributed by atoms with Crippen molar-refractivity contribution in [2.75, 3.05) is 16.2 Å². The monoisotopic (exact) mass is 360 g/mol. The molecule has 7 heteroatoms. The number of carbonyl (C=O) groups is 1. The van der Waals surface area contributed by atoms with Gasteiger partial charge in [-0.2, -0.15) is 0 Å². The first-order chi connectivity index (χ1) is 11.8. The fraction of sp³-hybridized carbons (Fsp3) is 0.278. The van der Waals surface area contributed by atoms with E-state index in [1.54, 1.807) is 36.9 Å². The van der Waals surface area contributed by atoms with Crippen LogP contribution in [0.15, 0.2) is 42.5 Å². The fourth-order valence-corrected chi connectivity index (χ4v) is 3.28. The van der Waals surface area contributed by atoms with Gasteiger partial charge in [0.15, 0.2) is 5.75 Å². The summed E-state index contributed by atoms with van der Waals surface area (Å²) in [5, 5.41) is -0.574. The molecule has 0 bridgehead atoms. The summed E-state index contributed by atoms with van der Waals surface area (Å²) >= 11 is 0. The lowest BCUT2D eigenvalue weighted by atomic mass is 10.1. The van der Waals surface area contributed by atoms with Gasteiger partial charge in [-0.3, -0.25) is 9.52 Å². The molecule has 0 fully saturated rings. The van der Waals surface area contributed by atoms with Crippen LogP contribution in [0.3, 0.4) is 0 Å². The molecule has 2 aromatic rings. The van der Waals surface area contributed by atoms with Crippen molar-refractivity contribution in [3.8, 4) is 11.5 Å². The van der Waals surface area contributed by atoms with Crippen molar-refractivity contribution < 1.29 is 17.9 Å². The average Bonchev–Trinajstić information content (AvgIpc) is 2.68. The number of hydrogen-bond acceptors (Lipinski definition) is 4. The Morgan fingerprint density at radius 2 is 1.84 bits per heavy atom.